The Hall–Kier alpha value is -9.79. The lowest BCUT2D eigenvalue weighted by Gasteiger charge is -2.20. The molecule has 8 nitrogen and oxygen atoms in total. The van der Waals surface area contributed by atoms with Gasteiger partial charge in [-0.15, -0.1) is 0 Å². The highest BCUT2D eigenvalue weighted by molar-refractivity contribution is 6.25. The van der Waals surface area contributed by atoms with E-state index in [2.05, 4.69) is 0 Å². The maximum Gasteiger partial charge on any atom is 0.240 e. The van der Waals surface area contributed by atoms with Crippen molar-refractivity contribution in [3.05, 3.63) is 224 Å². The lowest BCUT2D eigenvalue weighted by atomic mass is 10.1. The zero-order chi connectivity index (χ0) is 69.8. The van der Waals surface area contributed by atoms with Crippen molar-refractivity contribution in [1.82, 2.24) is 33.2 Å². The van der Waals surface area contributed by atoms with E-state index >= 15 is 0 Å². The van der Waals surface area contributed by atoms with Gasteiger partial charge in [-0.3, -0.25) is 9.13 Å². The molecule has 0 aliphatic rings. The SMILES string of the molecule is [2H]c1c([2H])c(-n2c3c([2H])c([2H])c([2H])c([2H])c3c3c([2H])c([2H])c([2H])c([2H])c32)c(-c2nc(-n3c4c([2H])c([2H])c([2H])c([2H])c4c4c([2H])c([2H])c([2H])c([2H])c43)nc(-n3c4c([2H])c([2H])c([2H])c([2H])c4c4c([2H])c([2H])c([2H])c([2H])c43)n2)c(-n2c3ccccc3c3ccc4oc5ccccc5c4c32)c1[2H]. The molecule has 0 fully saturated rings. The van der Waals surface area contributed by atoms with Crippen LogP contribution in [-0.4, -0.2) is 33.2 Å². The Morgan fingerprint density at radius 1 is 0.324 bits per heavy atom. The van der Waals surface area contributed by atoms with Crippen molar-refractivity contribution in [2.75, 3.05) is 0 Å². The number of aromatic nitrogens is 7. The van der Waals surface area contributed by atoms with E-state index in [1.165, 1.54) is 4.57 Å². The molecule has 0 saturated carbocycles. The average molecular weight is 935 g/mol. The summed E-state index contributed by atoms with van der Waals surface area (Å²) in [5.74, 6) is -2.73. The molecule has 0 saturated heterocycles. The maximum atomic E-state index is 10.5. The topological polar surface area (TPSA) is 71.5 Å². The molecule has 0 spiro atoms. The smallest absolute Gasteiger partial charge is 0.240 e. The van der Waals surface area contributed by atoms with E-state index < -0.39 is 263 Å². The number of nitrogens with zero attached hydrogens (tertiary/aromatic N) is 7. The van der Waals surface area contributed by atoms with Crippen molar-refractivity contribution in [3.63, 3.8) is 0 Å². The zero-order valence-corrected chi connectivity index (χ0v) is 35.8. The van der Waals surface area contributed by atoms with Gasteiger partial charge in [0.15, 0.2) is 5.82 Å². The Bertz CT molecular complexity index is 6130. The maximum absolute atomic E-state index is 10.5. The number of hydrogen-bond acceptors (Lipinski definition) is 4. The molecule has 0 amide bonds. The molecule has 16 rings (SSSR count). The predicted molar refractivity (Wildman–Crippen MR) is 290 cm³/mol. The van der Waals surface area contributed by atoms with E-state index in [0.717, 1.165) is 13.7 Å². The second kappa shape index (κ2) is 14.4. The summed E-state index contributed by atoms with van der Waals surface area (Å²) in [6.45, 7) is 0. The van der Waals surface area contributed by atoms with Crippen LogP contribution in [0.1, 0.15) is 37.0 Å². The van der Waals surface area contributed by atoms with Crippen LogP contribution in [0.2, 0.25) is 0 Å². The van der Waals surface area contributed by atoms with E-state index in [-0.39, 0.29) is 16.6 Å². The Labute approximate surface area is 442 Å². The van der Waals surface area contributed by atoms with Crippen molar-refractivity contribution in [2.24, 2.45) is 0 Å². The Morgan fingerprint density at radius 2 is 0.761 bits per heavy atom. The summed E-state index contributed by atoms with van der Waals surface area (Å²) in [5.41, 5.74) is -4.56. The minimum Gasteiger partial charge on any atom is -0.456 e. The summed E-state index contributed by atoms with van der Waals surface area (Å²) in [6.07, 6.45) is 0. The van der Waals surface area contributed by atoms with Gasteiger partial charge in [-0.25, -0.2) is 0 Å². The summed E-state index contributed by atoms with van der Waals surface area (Å²) >= 11 is 0. The van der Waals surface area contributed by atoms with Crippen molar-refractivity contribution in [2.45, 2.75) is 0 Å². The quantitative estimate of drug-likeness (QED) is 0.172. The lowest BCUT2D eigenvalue weighted by Crippen LogP contribution is -2.12. The first-order valence-corrected chi connectivity index (χ1v) is 21.7. The molecule has 0 unspecified atom stereocenters. The van der Waals surface area contributed by atoms with Gasteiger partial charge in [0, 0.05) is 48.5 Å². The predicted octanol–water partition coefficient (Wildman–Crippen LogP) is 15.8. The van der Waals surface area contributed by atoms with Crippen LogP contribution in [0.3, 0.4) is 0 Å². The van der Waals surface area contributed by atoms with Crippen LogP contribution in [-0.2, 0) is 0 Å². The first kappa shape index (κ1) is 20.8. The molecule has 71 heavy (non-hydrogen) atoms. The minimum atomic E-state index is -1.02. The molecule has 0 aliphatic heterocycles. The first-order valence-electron chi connectivity index (χ1n) is 35.2. The van der Waals surface area contributed by atoms with Gasteiger partial charge < -0.3 is 13.6 Å². The van der Waals surface area contributed by atoms with Crippen LogP contribution in [0.25, 0.3) is 144 Å². The molecule has 0 atom stereocenters. The van der Waals surface area contributed by atoms with Crippen LogP contribution in [0.5, 0.6) is 0 Å². The molecule has 0 N–H and O–H groups in total. The van der Waals surface area contributed by atoms with Gasteiger partial charge in [-0.2, -0.15) is 15.0 Å². The molecular weight excluding hydrogens is 871 g/mol. The van der Waals surface area contributed by atoms with E-state index in [0.29, 0.717) is 27.1 Å². The molecule has 6 heterocycles. The van der Waals surface area contributed by atoms with E-state index in [1.54, 1.807) is 60.7 Å². The summed E-state index contributed by atoms with van der Waals surface area (Å²) in [4.78, 5) is 15.0. The molecule has 0 radical (unpaired) electrons. The third-order valence-electron chi connectivity index (χ3n) is 12.8. The van der Waals surface area contributed by atoms with Crippen LogP contribution < -0.4 is 0 Å². The number of rotatable bonds is 5. The van der Waals surface area contributed by atoms with Gasteiger partial charge in [0.05, 0.1) is 103 Å². The Balaban J connectivity index is 1.25. The third-order valence-corrected chi connectivity index (χ3v) is 12.8. The number of hydrogen-bond donors (Lipinski definition) is 0. The molecular formula is C63H37N7O. The van der Waals surface area contributed by atoms with Gasteiger partial charge in [0.2, 0.25) is 11.9 Å². The second-order valence-corrected chi connectivity index (χ2v) is 16.3. The number of fused-ring (bicyclic) bond motifs is 16. The largest absolute Gasteiger partial charge is 0.456 e. The summed E-state index contributed by atoms with van der Waals surface area (Å²) in [5, 5.41) is -1.26. The summed E-state index contributed by atoms with van der Waals surface area (Å²) < 4.78 is 264. The van der Waals surface area contributed by atoms with Gasteiger partial charge in [-0.05, 0) is 72.6 Å². The molecule has 10 aromatic carbocycles. The van der Waals surface area contributed by atoms with E-state index in [9.17, 15) is 20.6 Å². The number of furan rings is 1. The van der Waals surface area contributed by atoms with E-state index in [4.69, 9.17) is 35.8 Å². The third kappa shape index (κ3) is 5.25. The van der Waals surface area contributed by atoms with Crippen LogP contribution in [0, 0.1) is 0 Å². The number of para-hydroxylation sites is 8. The van der Waals surface area contributed by atoms with Crippen molar-refractivity contribution < 1.29 is 41.4 Å². The van der Waals surface area contributed by atoms with Gasteiger partial charge in [0.25, 0.3) is 0 Å². The standard InChI is InChI=1S/C63H37N7O/c1-9-26-47-38(18-1)39-19-2-10-27-48(39)67(47)54-33-17-34-55(68-49-28-11-7-24-44(49)45-36-37-57-58(60(45)68)46-25-8-16-35-56(46)71-57)59(54)61-64-62(69-50-29-12-3-20-40(50)41-21-4-13-30-51(41)69)66-63(65-61)70-52-31-14-5-22-42(52)43-23-6-15-32-53(43)70/h1-37H/i1D,2D,3D,4D,5D,6D,9D,10D,12D,13D,14D,15D,17D,18D,19D,20D,21D,22D,23D,26D,27D,29D,30D,31D,32D,33D,34D. The zero-order valence-electron chi connectivity index (χ0n) is 62.8. The van der Waals surface area contributed by atoms with E-state index in [1.807, 2.05) is 0 Å². The molecule has 6 aromatic heterocycles. The molecule has 8 heteroatoms. The fraction of sp³-hybridized carbons (Fsp3) is 0. The highest BCUT2D eigenvalue weighted by Crippen LogP contribution is 2.45. The highest BCUT2D eigenvalue weighted by atomic mass is 16.3. The van der Waals surface area contributed by atoms with Crippen LogP contribution in [0.15, 0.2) is 228 Å². The van der Waals surface area contributed by atoms with Gasteiger partial charge in [-0.1, -0.05) is 151 Å². The Morgan fingerprint density at radius 3 is 1.28 bits per heavy atom. The van der Waals surface area contributed by atoms with Crippen LogP contribution in [0.4, 0.5) is 0 Å². The normalized spacial score (nSPS) is 17.5. The van der Waals surface area contributed by atoms with Gasteiger partial charge >= 0.3 is 0 Å². The number of benzene rings is 10. The molecule has 0 bridgehead atoms. The first-order chi connectivity index (χ1) is 46.5. The molecule has 16 aromatic rings. The van der Waals surface area contributed by atoms with Crippen molar-refractivity contribution in [3.8, 4) is 34.7 Å². The fourth-order valence-corrected chi connectivity index (χ4v) is 9.98. The highest BCUT2D eigenvalue weighted by Gasteiger charge is 2.28. The summed E-state index contributed by atoms with van der Waals surface area (Å²) in [6, 6.07) is -6.65. The molecule has 330 valence electrons. The van der Waals surface area contributed by atoms with Gasteiger partial charge in [0.1, 0.15) is 11.2 Å². The van der Waals surface area contributed by atoms with Crippen molar-refractivity contribution >= 4 is 109 Å². The monoisotopic (exact) mass is 934 g/mol. The molecule has 0 aliphatic carbocycles. The summed E-state index contributed by atoms with van der Waals surface area (Å²) in [7, 11) is 0. The lowest BCUT2D eigenvalue weighted by molar-refractivity contribution is 0.669. The fourth-order valence-electron chi connectivity index (χ4n) is 9.98. The minimum absolute atomic E-state index is 0.232. The van der Waals surface area contributed by atoms with Crippen LogP contribution >= 0.6 is 0 Å². The average Bonchev–Trinajstić information content (AvgIpc) is 1.54. The van der Waals surface area contributed by atoms with Crippen molar-refractivity contribution in [1.29, 1.82) is 0 Å². The Kier molecular flexibility index (Phi) is 4.22. The second-order valence-electron chi connectivity index (χ2n) is 16.3.